The Hall–Kier alpha value is -2.20. The molecule has 0 saturated carbocycles. The van der Waals surface area contributed by atoms with E-state index in [1.807, 2.05) is 0 Å². The summed E-state index contributed by atoms with van der Waals surface area (Å²) in [6.45, 7) is 0. The van der Waals surface area contributed by atoms with Crippen molar-refractivity contribution in [1.29, 1.82) is 5.26 Å². The van der Waals surface area contributed by atoms with Crippen molar-refractivity contribution in [2.24, 2.45) is 0 Å². The molecule has 0 N–H and O–H groups in total. The van der Waals surface area contributed by atoms with Crippen molar-refractivity contribution in [2.75, 3.05) is 0 Å². The van der Waals surface area contributed by atoms with Crippen LogP contribution in [0.15, 0.2) is 12.3 Å². The first-order valence-corrected chi connectivity index (χ1v) is 3.28. The molecule has 4 heteroatoms. The van der Waals surface area contributed by atoms with Crippen LogP contribution >= 0.6 is 0 Å². The second kappa shape index (κ2) is 3.99. The van der Waals surface area contributed by atoms with Crippen LogP contribution in [0.4, 0.5) is 4.39 Å². The van der Waals surface area contributed by atoms with Gasteiger partial charge in [0.25, 0.3) is 0 Å². The average Bonchev–Trinajstić information content (AvgIpc) is 2.16. The zero-order chi connectivity index (χ0) is 9.68. The molecule has 0 aromatic carbocycles. The molecule has 1 aromatic rings. The fourth-order valence-electron chi connectivity index (χ4n) is 0.705. The Morgan fingerprint density at radius 1 is 1.62 bits per heavy atom. The molecule has 1 heterocycles. The molecule has 1 aromatic heterocycles. The van der Waals surface area contributed by atoms with Crippen LogP contribution in [0.5, 0.6) is 0 Å². The maximum Gasteiger partial charge on any atom is 0.153 e. The standard InChI is InChI=1S/C9H3FN2O/c10-9-5-12-8(2-1-3-11)4-7(9)6-13/h4-6H. The van der Waals surface area contributed by atoms with Gasteiger partial charge in [-0.25, -0.2) is 9.37 Å². The second-order valence-electron chi connectivity index (χ2n) is 2.07. The molecule has 0 aliphatic rings. The summed E-state index contributed by atoms with van der Waals surface area (Å²) in [6.07, 6.45) is 1.26. The zero-order valence-electron chi connectivity index (χ0n) is 6.41. The summed E-state index contributed by atoms with van der Waals surface area (Å²) in [5.74, 6) is 3.74. The lowest BCUT2D eigenvalue weighted by atomic mass is 10.2. The quantitative estimate of drug-likeness (QED) is 0.469. The van der Waals surface area contributed by atoms with Gasteiger partial charge in [0.1, 0.15) is 5.69 Å². The molecule has 0 atom stereocenters. The number of aldehydes is 1. The van der Waals surface area contributed by atoms with Crippen LogP contribution in [0, 0.1) is 29.0 Å². The van der Waals surface area contributed by atoms with Gasteiger partial charge in [0.15, 0.2) is 18.2 Å². The Bertz CT molecular complexity index is 437. The van der Waals surface area contributed by atoms with E-state index in [2.05, 4.69) is 16.8 Å². The lowest BCUT2D eigenvalue weighted by molar-refractivity contribution is 0.111. The van der Waals surface area contributed by atoms with Gasteiger partial charge in [-0.15, -0.1) is 0 Å². The van der Waals surface area contributed by atoms with Crippen molar-refractivity contribution >= 4 is 6.29 Å². The number of nitriles is 1. The first kappa shape index (κ1) is 8.89. The van der Waals surface area contributed by atoms with Gasteiger partial charge < -0.3 is 0 Å². The summed E-state index contributed by atoms with van der Waals surface area (Å²) >= 11 is 0. The van der Waals surface area contributed by atoms with E-state index in [1.54, 1.807) is 6.07 Å². The molecule has 0 saturated heterocycles. The third kappa shape index (κ3) is 2.11. The van der Waals surface area contributed by atoms with Crippen LogP contribution in [-0.2, 0) is 0 Å². The van der Waals surface area contributed by atoms with E-state index >= 15 is 0 Å². The first-order chi connectivity index (χ1) is 6.27. The number of rotatable bonds is 1. The van der Waals surface area contributed by atoms with Crippen molar-refractivity contribution in [1.82, 2.24) is 4.98 Å². The van der Waals surface area contributed by atoms with E-state index in [1.165, 1.54) is 6.07 Å². The molecule has 1 rings (SSSR count). The summed E-state index contributed by atoms with van der Waals surface area (Å²) in [7, 11) is 0. The minimum atomic E-state index is -0.697. The van der Waals surface area contributed by atoms with E-state index in [9.17, 15) is 9.18 Å². The van der Waals surface area contributed by atoms with Crippen LogP contribution in [0.1, 0.15) is 16.1 Å². The van der Waals surface area contributed by atoms with Crippen molar-refractivity contribution in [3.63, 3.8) is 0 Å². The third-order valence-corrected chi connectivity index (χ3v) is 1.26. The van der Waals surface area contributed by atoms with Gasteiger partial charge in [-0.3, -0.25) is 4.79 Å². The van der Waals surface area contributed by atoms with E-state index < -0.39 is 5.82 Å². The molecule has 62 valence electrons. The van der Waals surface area contributed by atoms with Crippen molar-refractivity contribution in [3.05, 3.63) is 29.3 Å². The molecule has 3 nitrogen and oxygen atoms in total. The number of hydrogen-bond donors (Lipinski definition) is 0. The highest BCUT2D eigenvalue weighted by Gasteiger charge is 2.01. The molecular weight excluding hydrogens is 171 g/mol. The minimum absolute atomic E-state index is 0.114. The Kier molecular flexibility index (Phi) is 2.73. The van der Waals surface area contributed by atoms with Crippen LogP contribution in [0.25, 0.3) is 0 Å². The normalized spacial score (nSPS) is 8.00. The maximum absolute atomic E-state index is 12.7. The number of nitrogens with zero attached hydrogens (tertiary/aromatic N) is 2. The SMILES string of the molecule is N#CC#Cc1cc(C=O)c(F)cn1. The number of carbonyl (C=O) groups is 1. The van der Waals surface area contributed by atoms with Crippen molar-refractivity contribution in [2.45, 2.75) is 0 Å². The summed E-state index contributed by atoms with van der Waals surface area (Å²) in [5.41, 5.74) is 0.0855. The summed E-state index contributed by atoms with van der Waals surface area (Å²) in [4.78, 5) is 13.8. The summed E-state index contributed by atoms with van der Waals surface area (Å²) < 4.78 is 12.7. The molecule has 0 amide bonds. The van der Waals surface area contributed by atoms with Gasteiger partial charge in [0.05, 0.1) is 11.8 Å². The zero-order valence-corrected chi connectivity index (χ0v) is 6.41. The van der Waals surface area contributed by atoms with Crippen LogP contribution in [0.2, 0.25) is 0 Å². The highest BCUT2D eigenvalue weighted by Crippen LogP contribution is 2.03. The van der Waals surface area contributed by atoms with Crippen LogP contribution < -0.4 is 0 Å². The molecule has 0 aliphatic heterocycles. The fourth-order valence-corrected chi connectivity index (χ4v) is 0.705. The number of pyridine rings is 1. The smallest absolute Gasteiger partial charge is 0.153 e. The number of halogens is 1. The van der Waals surface area contributed by atoms with Gasteiger partial charge >= 0.3 is 0 Å². The molecule has 0 unspecified atom stereocenters. The number of aromatic nitrogens is 1. The van der Waals surface area contributed by atoms with Crippen molar-refractivity contribution < 1.29 is 9.18 Å². The Labute approximate surface area is 73.8 Å². The Morgan fingerprint density at radius 2 is 2.38 bits per heavy atom. The van der Waals surface area contributed by atoms with Gasteiger partial charge in [0, 0.05) is 5.92 Å². The fraction of sp³-hybridized carbons (Fsp3) is 0. The molecule has 13 heavy (non-hydrogen) atoms. The van der Waals surface area contributed by atoms with Gasteiger partial charge in [-0.05, 0) is 12.0 Å². The van der Waals surface area contributed by atoms with Crippen molar-refractivity contribution in [3.8, 4) is 17.9 Å². The summed E-state index contributed by atoms with van der Waals surface area (Å²) in [5, 5.41) is 8.11. The Morgan fingerprint density at radius 3 is 3.00 bits per heavy atom. The molecular formula is C9H3FN2O. The number of hydrogen-bond acceptors (Lipinski definition) is 3. The number of carbonyl (C=O) groups excluding carboxylic acids is 1. The molecule has 0 fully saturated rings. The lowest BCUT2D eigenvalue weighted by Crippen LogP contribution is -1.92. The van der Waals surface area contributed by atoms with Crippen LogP contribution in [-0.4, -0.2) is 11.3 Å². The van der Waals surface area contributed by atoms with E-state index in [-0.39, 0.29) is 11.3 Å². The highest BCUT2D eigenvalue weighted by molar-refractivity contribution is 5.75. The van der Waals surface area contributed by atoms with Gasteiger partial charge in [0.2, 0.25) is 0 Å². The molecule has 0 aliphatic carbocycles. The predicted octanol–water partition coefficient (Wildman–Crippen LogP) is 0.908. The average molecular weight is 174 g/mol. The predicted molar refractivity (Wildman–Crippen MR) is 42.1 cm³/mol. The summed E-state index contributed by atoms with van der Waals surface area (Å²) in [6, 6.07) is 2.77. The highest BCUT2D eigenvalue weighted by atomic mass is 19.1. The maximum atomic E-state index is 12.7. The first-order valence-electron chi connectivity index (χ1n) is 3.28. The molecule has 0 bridgehead atoms. The largest absolute Gasteiger partial charge is 0.298 e. The van der Waals surface area contributed by atoms with E-state index in [0.717, 1.165) is 6.20 Å². The van der Waals surface area contributed by atoms with Gasteiger partial charge in [-0.1, -0.05) is 0 Å². The minimum Gasteiger partial charge on any atom is -0.298 e. The topological polar surface area (TPSA) is 53.8 Å². The second-order valence-corrected chi connectivity index (χ2v) is 2.07. The molecule has 0 spiro atoms. The van der Waals surface area contributed by atoms with E-state index in [0.29, 0.717) is 6.29 Å². The Balaban J connectivity index is 3.15. The lowest BCUT2D eigenvalue weighted by Gasteiger charge is -1.93. The monoisotopic (exact) mass is 174 g/mol. The molecule has 0 radical (unpaired) electrons. The van der Waals surface area contributed by atoms with E-state index in [4.69, 9.17) is 5.26 Å². The van der Waals surface area contributed by atoms with Crippen LogP contribution in [0.3, 0.4) is 0 Å². The van der Waals surface area contributed by atoms with Gasteiger partial charge in [-0.2, -0.15) is 5.26 Å². The third-order valence-electron chi connectivity index (χ3n) is 1.26.